The molecule has 2 aromatic rings. The van der Waals surface area contributed by atoms with Crippen molar-refractivity contribution in [2.45, 2.75) is 0 Å². The molecule has 0 aliphatic heterocycles. The second-order valence-corrected chi connectivity index (χ2v) is 2.97. The van der Waals surface area contributed by atoms with E-state index in [2.05, 4.69) is 4.98 Å². The van der Waals surface area contributed by atoms with Crippen molar-refractivity contribution in [2.75, 3.05) is 5.73 Å². The number of thiophene rings is 1. The first-order valence-electron chi connectivity index (χ1n) is 2.94. The van der Waals surface area contributed by atoms with Crippen molar-refractivity contribution in [1.29, 1.82) is 0 Å². The second-order valence-electron chi connectivity index (χ2n) is 2.06. The molecule has 2 rings (SSSR count). The van der Waals surface area contributed by atoms with E-state index < -0.39 is 0 Å². The minimum absolute atomic E-state index is 0.849. The number of aromatic nitrogens is 1. The van der Waals surface area contributed by atoms with E-state index in [0.717, 1.165) is 15.8 Å². The van der Waals surface area contributed by atoms with E-state index in [-0.39, 0.29) is 0 Å². The molecule has 0 amide bonds. The maximum atomic E-state index is 5.66. The minimum Gasteiger partial charge on any atom is -0.398 e. The van der Waals surface area contributed by atoms with Crippen molar-refractivity contribution in [3.8, 4) is 0 Å². The molecule has 2 heterocycles. The van der Waals surface area contributed by atoms with Gasteiger partial charge >= 0.3 is 0 Å². The van der Waals surface area contributed by atoms with Gasteiger partial charge in [0.25, 0.3) is 0 Å². The van der Waals surface area contributed by atoms with Crippen molar-refractivity contribution in [3.05, 3.63) is 23.8 Å². The van der Waals surface area contributed by atoms with E-state index in [1.54, 1.807) is 17.5 Å². The van der Waals surface area contributed by atoms with E-state index >= 15 is 0 Å². The molecule has 0 atom stereocenters. The average Bonchev–Trinajstić information content (AvgIpc) is 2.34. The lowest BCUT2D eigenvalue weighted by atomic mass is 10.3. The summed E-state index contributed by atoms with van der Waals surface area (Å²) in [6.45, 7) is 0. The molecule has 2 nitrogen and oxygen atoms in total. The summed E-state index contributed by atoms with van der Waals surface area (Å²) in [5.41, 5.74) is 6.51. The molecule has 0 fully saturated rings. The van der Waals surface area contributed by atoms with Crippen molar-refractivity contribution < 1.29 is 0 Å². The molecule has 0 spiro atoms. The highest BCUT2D eigenvalue weighted by Gasteiger charge is 1.96. The van der Waals surface area contributed by atoms with Gasteiger partial charge in [-0.25, -0.2) is 0 Å². The van der Waals surface area contributed by atoms with Crippen LogP contribution in [0.15, 0.2) is 23.8 Å². The smallest absolute Gasteiger partial charge is 0.0547 e. The number of nitrogen functional groups attached to an aromatic ring is 1. The van der Waals surface area contributed by atoms with Crippen LogP contribution in [0.25, 0.3) is 10.1 Å². The number of nitrogens with zero attached hydrogens (tertiary/aromatic N) is 1. The predicted molar refractivity (Wildman–Crippen MR) is 44.0 cm³/mol. The van der Waals surface area contributed by atoms with Gasteiger partial charge in [-0.15, -0.1) is 11.3 Å². The first-order chi connectivity index (χ1) is 4.88. The van der Waals surface area contributed by atoms with E-state index in [1.165, 1.54) is 0 Å². The van der Waals surface area contributed by atoms with Gasteiger partial charge in [0.05, 0.1) is 10.4 Å². The van der Waals surface area contributed by atoms with E-state index in [4.69, 9.17) is 5.73 Å². The number of pyridine rings is 1. The molecule has 0 aliphatic rings. The van der Waals surface area contributed by atoms with Gasteiger partial charge in [0, 0.05) is 23.2 Å². The van der Waals surface area contributed by atoms with Gasteiger partial charge in [-0.05, 0) is 6.07 Å². The van der Waals surface area contributed by atoms with Gasteiger partial charge in [0.2, 0.25) is 0 Å². The van der Waals surface area contributed by atoms with Crippen LogP contribution in [0.5, 0.6) is 0 Å². The summed E-state index contributed by atoms with van der Waals surface area (Å²) < 4.78 is 1.15. The molecule has 10 heavy (non-hydrogen) atoms. The maximum Gasteiger partial charge on any atom is 0.0547 e. The van der Waals surface area contributed by atoms with Crippen LogP contribution < -0.4 is 5.73 Å². The third-order valence-electron chi connectivity index (χ3n) is 1.41. The van der Waals surface area contributed by atoms with Gasteiger partial charge in [-0.1, -0.05) is 0 Å². The molecular weight excluding hydrogens is 144 g/mol. The van der Waals surface area contributed by atoms with Gasteiger partial charge in [-0.3, -0.25) is 4.98 Å². The first-order valence-corrected chi connectivity index (χ1v) is 3.82. The highest BCUT2D eigenvalue weighted by molar-refractivity contribution is 7.17. The number of anilines is 1. The summed E-state index contributed by atoms with van der Waals surface area (Å²) in [5.74, 6) is 0. The first kappa shape index (κ1) is 5.68. The molecule has 50 valence electrons. The van der Waals surface area contributed by atoms with Crippen LogP contribution in [0.2, 0.25) is 0 Å². The standard InChI is InChI=1S/C7H6N2S/c8-6-4-10-7-3-9-2-1-5(6)7/h1-4H,8H2. The quantitative estimate of drug-likeness (QED) is 0.622. The summed E-state index contributed by atoms with van der Waals surface area (Å²) >= 11 is 1.63. The second kappa shape index (κ2) is 1.95. The average molecular weight is 150 g/mol. The van der Waals surface area contributed by atoms with E-state index in [0.29, 0.717) is 0 Å². The van der Waals surface area contributed by atoms with Crippen LogP contribution in [0.1, 0.15) is 0 Å². The fraction of sp³-hybridized carbons (Fsp3) is 0. The molecule has 0 unspecified atom stereocenters. The Kier molecular flexibility index (Phi) is 1.11. The summed E-state index contributed by atoms with van der Waals surface area (Å²) in [6, 6.07) is 1.93. The van der Waals surface area contributed by atoms with Gasteiger partial charge in [0.1, 0.15) is 0 Å². The Morgan fingerprint density at radius 2 is 2.40 bits per heavy atom. The SMILES string of the molecule is Nc1csc2cnccc12. The lowest BCUT2D eigenvalue weighted by molar-refractivity contribution is 1.37. The zero-order valence-electron chi connectivity index (χ0n) is 5.24. The largest absolute Gasteiger partial charge is 0.398 e. The number of nitrogens with two attached hydrogens (primary N) is 1. The van der Waals surface area contributed by atoms with Crippen molar-refractivity contribution in [1.82, 2.24) is 4.98 Å². The van der Waals surface area contributed by atoms with Crippen LogP contribution in [-0.2, 0) is 0 Å². The number of rotatable bonds is 0. The molecule has 2 aromatic heterocycles. The fourth-order valence-corrected chi connectivity index (χ4v) is 1.72. The molecule has 0 aliphatic carbocycles. The lowest BCUT2D eigenvalue weighted by Crippen LogP contribution is -1.79. The molecular formula is C7H6N2S. The maximum absolute atomic E-state index is 5.66. The molecule has 0 bridgehead atoms. The molecule has 0 saturated heterocycles. The van der Waals surface area contributed by atoms with Crippen molar-refractivity contribution in [3.63, 3.8) is 0 Å². The highest BCUT2D eigenvalue weighted by Crippen LogP contribution is 2.25. The molecule has 3 heteroatoms. The Hall–Kier alpha value is -1.09. The van der Waals surface area contributed by atoms with Gasteiger partial charge in [0.15, 0.2) is 0 Å². The minimum atomic E-state index is 0.849. The summed E-state index contributed by atoms with van der Waals surface area (Å²) in [7, 11) is 0. The Balaban J connectivity index is 2.93. The van der Waals surface area contributed by atoms with Crippen LogP contribution in [0.4, 0.5) is 5.69 Å². The summed E-state index contributed by atoms with van der Waals surface area (Å²) in [5, 5.41) is 3.05. The lowest BCUT2D eigenvalue weighted by Gasteiger charge is -1.86. The third-order valence-corrected chi connectivity index (χ3v) is 2.36. The highest BCUT2D eigenvalue weighted by atomic mass is 32.1. The Labute approximate surface area is 62.3 Å². The Bertz CT molecular complexity index is 353. The summed E-state index contributed by atoms with van der Waals surface area (Å²) in [4.78, 5) is 3.98. The molecule has 0 aromatic carbocycles. The number of hydrogen-bond donors (Lipinski definition) is 1. The van der Waals surface area contributed by atoms with Crippen LogP contribution >= 0.6 is 11.3 Å². The van der Waals surface area contributed by atoms with E-state index in [9.17, 15) is 0 Å². The van der Waals surface area contributed by atoms with Crippen molar-refractivity contribution in [2.24, 2.45) is 0 Å². The van der Waals surface area contributed by atoms with Crippen LogP contribution in [0.3, 0.4) is 0 Å². The number of fused-ring (bicyclic) bond motifs is 1. The van der Waals surface area contributed by atoms with Gasteiger partial charge < -0.3 is 5.73 Å². The summed E-state index contributed by atoms with van der Waals surface area (Å²) in [6.07, 6.45) is 3.59. The topological polar surface area (TPSA) is 38.9 Å². The molecule has 2 N–H and O–H groups in total. The fourth-order valence-electron chi connectivity index (χ4n) is 0.903. The van der Waals surface area contributed by atoms with E-state index in [1.807, 2.05) is 17.6 Å². The van der Waals surface area contributed by atoms with Crippen LogP contribution in [-0.4, -0.2) is 4.98 Å². The van der Waals surface area contributed by atoms with Crippen molar-refractivity contribution >= 4 is 27.1 Å². The third kappa shape index (κ3) is 0.675. The molecule has 0 saturated carbocycles. The Morgan fingerprint density at radius 1 is 1.50 bits per heavy atom. The zero-order valence-corrected chi connectivity index (χ0v) is 6.06. The Morgan fingerprint density at radius 3 is 3.20 bits per heavy atom. The predicted octanol–water partition coefficient (Wildman–Crippen LogP) is 1.88. The van der Waals surface area contributed by atoms with Gasteiger partial charge in [-0.2, -0.15) is 0 Å². The monoisotopic (exact) mass is 150 g/mol. The molecule has 0 radical (unpaired) electrons. The van der Waals surface area contributed by atoms with Crippen LogP contribution in [0, 0.1) is 0 Å². The number of hydrogen-bond acceptors (Lipinski definition) is 3. The zero-order chi connectivity index (χ0) is 6.97. The normalized spacial score (nSPS) is 10.4.